The fourth-order valence-electron chi connectivity index (χ4n) is 5.86. The predicted octanol–water partition coefficient (Wildman–Crippen LogP) is 3.83. The molecule has 2 rings (SSSR count). The van der Waals surface area contributed by atoms with Crippen molar-refractivity contribution in [2.45, 2.75) is 72.5 Å². The third-order valence-corrected chi connectivity index (χ3v) is 8.01. The largest absolute Gasteiger partial charge is 0.478 e. The minimum absolute atomic E-state index is 0.00496. The Morgan fingerprint density at radius 1 is 1.08 bits per heavy atom. The standard InChI is InChI=1S/C30H48N4O4/c1-18(2)24(16-20(5)29(37)38)34(11)28(36)25(19(3)4)31-27(35)26(32(8)9)30(6,7)22-17-33(10)23-15-13-12-14-21(22)23/h12-16,18-19,22,24-26H,17H2,1-11H3,(H,31,35)(H,37,38)/b20-16+/t22?,24-,25+,26-/m1/s1. The summed E-state index contributed by atoms with van der Waals surface area (Å²) in [4.78, 5) is 44.9. The molecule has 1 heterocycles. The molecular formula is C30H48N4O4. The monoisotopic (exact) mass is 528 g/mol. The van der Waals surface area contributed by atoms with Gasteiger partial charge in [-0.3, -0.25) is 14.5 Å². The van der Waals surface area contributed by atoms with Gasteiger partial charge in [-0.25, -0.2) is 4.79 Å². The number of hydrogen-bond donors (Lipinski definition) is 2. The second kappa shape index (κ2) is 12.3. The first kappa shape index (κ1) is 31.3. The van der Waals surface area contributed by atoms with Crippen LogP contribution in [0.4, 0.5) is 5.69 Å². The lowest BCUT2D eigenvalue weighted by Gasteiger charge is -2.43. The zero-order valence-corrected chi connectivity index (χ0v) is 25.1. The summed E-state index contributed by atoms with van der Waals surface area (Å²) in [6.45, 7) is 14.3. The molecule has 1 aromatic rings. The number of aliphatic carboxylic acids is 1. The Balaban J connectivity index is 2.37. The van der Waals surface area contributed by atoms with E-state index >= 15 is 0 Å². The number of benzene rings is 1. The van der Waals surface area contributed by atoms with Gasteiger partial charge in [-0.1, -0.05) is 65.8 Å². The molecule has 38 heavy (non-hydrogen) atoms. The van der Waals surface area contributed by atoms with Crippen LogP contribution in [0.25, 0.3) is 0 Å². The van der Waals surface area contributed by atoms with Crippen molar-refractivity contribution in [1.82, 2.24) is 15.1 Å². The molecule has 8 heteroatoms. The van der Waals surface area contributed by atoms with Gasteiger partial charge < -0.3 is 20.2 Å². The van der Waals surface area contributed by atoms with Crippen LogP contribution in [0.3, 0.4) is 0 Å². The number of likely N-dealkylation sites (N-methyl/N-ethyl adjacent to an activating group) is 3. The van der Waals surface area contributed by atoms with Gasteiger partial charge in [0.05, 0.1) is 12.1 Å². The molecule has 0 aromatic heterocycles. The number of fused-ring (bicyclic) bond motifs is 1. The number of rotatable bonds is 11. The smallest absolute Gasteiger partial charge is 0.331 e. The Kier molecular flexibility index (Phi) is 10.2. The van der Waals surface area contributed by atoms with Crippen molar-refractivity contribution >= 4 is 23.5 Å². The van der Waals surface area contributed by atoms with E-state index in [1.54, 1.807) is 18.0 Å². The van der Waals surface area contributed by atoms with Crippen molar-refractivity contribution in [1.29, 1.82) is 0 Å². The highest BCUT2D eigenvalue weighted by Crippen LogP contribution is 2.47. The lowest BCUT2D eigenvalue weighted by Crippen LogP contribution is -2.60. The van der Waals surface area contributed by atoms with Crippen LogP contribution in [0, 0.1) is 17.3 Å². The second-order valence-corrected chi connectivity index (χ2v) is 12.2. The molecule has 1 aliphatic heterocycles. The Bertz CT molecular complexity index is 1050. The van der Waals surface area contributed by atoms with Crippen LogP contribution in [0.2, 0.25) is 0 Å². The molecule has 1 aliphatic rings. The second-order valence-electron chi connectivity index (χ2n) is 12.2. The van der Waals surface area contributed by atoms with Gasteiger partial charge in [0, 0.05) is 37.8 Å². The number of amides is 2. The number of hydrogen-bond acceptors (Lipinski definition) is 5. The average Bonchev–Trinajstić information content (AvgIpc) is 3.16. The number of carboxylic acid groups (broad SMARTS) is 1. The van der Waals surface area contributed by atoms with E-state index in [1.807, 2.05) is 58.8 Å². The third-order valence-electron chi connectivity index (χ3n) is 8.01. The van der Waals surface area contributed by atoms with Crippen LogP contribution in [0.15, 0.2) is 35.9 Å². The van der Waals surface area contributed by atoms with E-state index in [0.717, 1.165) is 6.54 Å². The van der Waals surface area contributed by atoms with Crippen LogP contribution in [-0.2, 0) is 14.4 Å². The van der Waals surface area contributed by atoms with Gasteiger partial charge in [0.15, 0.2) is 0 Å². The maximum Gasteiger partial charge on any atom is 0.331 e. The molecule has 0 saturated heterocycles. The Morgan fingerprint density at radius 3 is 2.16 bits per heavy atom. The van der Waals surface area contributed by atoms with Gasteiger partial charge in [-0.15, -0.1) is 0 Å². The van der Waals surface area contributed by atoms with Gasteiger partial charge >= 0.3 is 5.97 Å². The first-order valence-electron chi connectivity index (χ1n) is 13.5. The third kappa shape index (κ3) is 6.57. The molecule has 4 atom stereocenters. The number of nitrogens with one attached hydrogen (secondary N) is 1. The van der Waals surface area contributed by atoms with Gasteiger partial charge in [0.25, 0.3) is 0 Å². The summed E-state index contributed by atoms with van der Waals surface area (Å²) >= 11 is 0. The number of anilines is 1. The van der Waals surface area contributed by atoms with Crippen LogP contribution in [0.1, 0.15) is 59.9 Å². The van der Waals surface area contributed by atoms with Crippen LogP contribution in [-0.4, -0.2) is 85.6 Å². The fourth-order valence-corrected chi connectivity index (χ4v) is 5.86. The lowest BCUT2D eigenvalue weighted by molar-refractivity contribution is -0.141. The number of carboxylic acids is 1. The van der Waals surface area contributed by atoms with Crippen LogP contribution in [0.5, 0.6) is 0 Å². The fraction of sp³-hybridized carbons (Fsp3) is 0.633. The minimum atomic E-state index is -1.01. The highest BCUT2D eigenvalue weighted by Gasteiger charge is 2.47. The molecule has 212 valence electrons. The van der Waals surface area contributed by atoms with Crippen LogP contribution < -0.4 is 10.2 Å². The summed E-state index contributed by atoms with van der Waals surface area (Å²) in [5.41, 5.74) is 2.16. The topological polar surface area (TPSA) is 93.2 Å². The van der Waals surface area contributed by atoms with Crippen molar-refractivity contribution in [3.8, 4) is 0 Å². The minimum Gasteiger partial charge on any atom is -0.478 e. The zero-order chi connectivity index (χ0) is 29.1. The molecule has 1 unspecified atom stereocenters. The zero-order valence-electron chi connectivity index (χ0n) is 25.1. The molecule has 0 bridgehead atoms. The van der Waals surface area contributed by atoms with Gasteiger partial charge in [0.2, 0.25) is 11.8 Å². The predicted molar refractivity (Wildman–Crippen MR) is 153 cm³/mol. The van der Waals surface area contributed by atoms with Crippen molar-refractivity contribution in [2.24, 2.45) is 17.3 Å². The summed E-state index contributed by atoms with van der Waals surface area (Å²) in [7, 11) is 7.57. The van der Waals surface area contributed by atoms with E-state index < -0.39 is 29.5 Å². The quantitative estimate of drug-likeness (QED) is 0.424. The highest BCUT2D eigenvalue weighted by molar-refractivity contribution is 5.91. The highest BCUT2D eigenvalue weighted by atomic mass is 16.4. The number of carbonyl (C=O) groups is 3. The van der Waals surface area contributed by atoms with E-state index in [0.29, 0.717) is 0 Å². The first-order valence-corrected chi connectivity index (χ1v) is 13.5. The van der Waals surface area contributed by atoms with Crippen LogP contribution >= 0.6 is 0 Å². The Morgan fingerprint density at radius 2 is 1.66 bits per heavy atom. The molecule has 2 amide bonds. The summed E-state index contributed by atoms with van der Waals surface area (Å²) in [6.07, 6.45) is 1.61. The number of carbonyl (C=O) groups excluding carboxylic acids is 2. The molecular weight excluding hydrogens is 480 g/mol. The van der Waals surface area contributed by atoms with Crippen molar-refractivity contribution in [3.63, 3.8) is 0 Å². The number of nitrogens with zero attached hydrogens (tertiary/aromatic N) is 3. The van der Waals surface area contributed by atoms with Gasteiger partial charge in [-0.2, -0.15) is 0 Å². The summed E-state index contributed by atoms with van der Waals surface area (Å²) in [6, 6.07) is 6.69. The van der Waals surface area contributed by atoms with Gasteiger partial charge in [0.1, 0.15) is 6.04 Å². The Hall–Kier alpha value is -2.87. The summed E-state index contributed by atoms with van der Waals surface area (Å²) in [5.74, 6) is -1.47. The van der Waals surface area contributed by atoms with Crippen molar-refractivity contribution < 1.29 is 19.5 Å². The maximum absolute atomic E-state index is 14.0. The average molecular weight is 529 g/mol. The molecule has 0 radical (unpaired) electrons. The van der Waals surface area contributed by atoms with E-state index in [9.17, 15) is 19.5 Å². The molecule has 8 nitrogen and oxygen atoms in total. The first-order chi connectivity index (χ1) is 17.5. The van der Waals surface area contributed by atoms with E-state index in [1.165, 1.54) is 18.2 Å². The SMILES string of the molecule is C/C(=C\[C@H](C(C)C)N(C)C(=O)[C@@H](NC(=O)[C@@H](N(C)C)C(C)(C)C1CN(C)c2ccccc21)C(C)C)C(=O)O. The normalized spacial score (nSPS) is 18.4. The molecule has 0 saturated carbocycles. The van der Waals surface area contributed by atoms with E-state index in [-0.39, 0.29) is 35.1 Å². The van der Waals surface area contributed by atoms with E-state index in [4.69, 9.17) is 0 Å². The molecule has 0 spiro atoms. The van der Waals surface area contributed by atoms with Crippen molar-refractivity contribution in [3.05, 3.63) is 41.5 Å². The maximum atomic E-state index is 14.0. The lowest BCUT2D eigenvalue weighted by atomic mass is 9.70. The Labute approximate surface area is 229 Å². The molecule has 0 fully saturated rings. The molecule has 1 aromatic carbocycles. The summed E-state index contributed by atoms with van der Waals surface area (Å²) in [5, 5.41) is 12.5. The van der Waals surface area contributed by atoms with Crippen molar-refractivity contribution in [2.75, 3.05) is 39.6 Å². The summed E-state index contributed by atoms with van der Waals surface area (Å²) < 4.78 is 0. The molecule has 0 aliphatic carbocycles. The van der Waals surface area contributed by atoms with Gasteiger partial charge in [-0.05, 0) is 49.9 Å². The molecule has 2 N–H and O–H groups in total. The van der Waals surface area contributed by atoms with E-state index in [2.05, 4.69) is 43.2 Å². The number of para-hydroxylation sites is 1.